The fourth-order valence-electron chi connectivity index (χ4n) is 2.66. The third-order valence-corrected chi connectivity index (χ3v) is 6.13. The van der Waals surface area contributed by atoms with Crippen LogP contribution < -0.4 is 5.32 Å². The van der Waals surface area contributed by atoms with Gasteiger partial charge >= 0.3 is 0 Å². The van der Waals surface area contributed by atoms with Crippen LogP contribution in [0.15, 0.2) is 30.5 Å². The highest BCUT2D eigenvalue weighted by Gasteiger charge is 2.29. The van der Waals surface area contributed by atoms with Gasteiger partial charge in [0.1, 0.15) is 6.04 Å². The highest BCUT2D eigenvalue weighted by atomic mass is 35.5. The number of amides is 2. The molecule has 27 heavy (non-hydrogen) atoms. The van der Waals surface area contributed by atoms with Crippen molar-refractivity contribution in [2.24, 2.45) is 0 Å². The normalized spacial score (nSPS) is 17.3. The maximum atomic E-state index is 12.4. The van der Waals surface area contributed by atoms with Crippen molar-refractivity contribution in [3.63, 3.8) is 0 Å². The minimum Gasteiger partial charge on any atom is -0.339 e. The molecule has 144 valence electrons. The second kappa shape index (κ2) is 7.65. The van der Waals surface area contributed by atoms with Gasteiger partial charge < -0.3 is 10.2 Å². The summed E-state index contributed by atoms with van der Waals surface area (Å²) in [7, 11) is -3.08. The maximum absolute atomic E-state index is 12.4. The van der Waals surface area contributed by atoms with Gasteiger partial charge in [-0.1, -0.05) is 28.9 Å². The molecule has 1 saturated heterocycles. The number of hydrogen-bond donors (Lipinski definition) is 1. The summed E-state index contributed by atoms with van der Waals surface area (Å²) in [6, 6.07) is 6.16. The predicted molar refractivity (Wildman–Crippen MR) is 98.5 cm³/mol. The van der Waals surface area contributed by atoms with E-state index in [-0.39, 0.29) is 36.2 Å². The number of para-hydroxylation sites is 1. The molecule has 1 fully saturated rings. The molecule has 3 rings (SSSR count). The van der Waals surface area contributed by atoms with E-state index in [1.54, 1.807) is 31.2 Å². The van der Waals surface area contributed by atoms with Gasteiger partial charge in [-0.3, -0.25) is 9.59 Å². The van der Waals surface area contributed by atoms with E-state index >= 15 is 0 Å². The van der Waals surface area contributed by atoms with E-state index in [0.717, 1.165) is 0 Å². The van der Waals surface area contributed by atoms with Gasteiger partial charge in [0, 0.05) is 13.1 Å². The van der Waals surface area contributed by atoms with Crippen LogP contribution in [-0.2, 0) is 14.6 Å². The molecule has 2 heterocycles. The molecule has 1 unspecified atom stereocenters. The van der Waals surface area contributed by atoms with Crippen LogP contribution in [0.3, 0.4) is 0 Å². The molecule has 2 amide bonds. The molecule has 0 spiro atoms. The monoisotopic (exact) mass is 411 g/mol. The number of benzene rings is 1. The molecule has 11 heteroatoms. The molecule has 1 aliphatic rings. The number of rotatable bonds is 4. The van der Waals surface area contributed by atoms with Crippen molar-refractivity contribution >= 4 is 33.3 Å². The van der Waals surface area contributed by atoms with Crippen LogP contribution in [-0.4, -0.2) is 70.8 Å². The number of nitrogens with zero attached hydrogens (tertiary/aromatic N) is 4. The summed E-state index contributed by atoms with van der Waals surface area (Å²) in [6.07, 6.45) is 1.42. The Morgan fingerprint density at radius 3 is 2.56 bits per heavy atom. The number of halogens is 1. The van der Waals surface area contributed by atoms with E-state index in [1.165, 1.54) is 15.8 Å². The third kappa shape index (κ3) is 4.45. The SMILES string of the molecule is CC(NC(=O)c1cn(-c2ccccc2Cl)nn1)C(=O)N1CCS(=O)(=O)CC1. The molecule has 1 aromatic carbocycles. The van der Waals surface area contributed by atoms with Crippen molar-refractivity contribution in [2.75, 3.05) is 24.6 Å². The van der Waals surface area contributed by atoms with Crippen molar-refractivity contribution in [2.45, 2.75) is 13.0 Å². The Hall–Kier alpha value is -2.46. The molecule has 1 N–H and O–H groups in total. The third-order valence-electron chi connectivity index (χ3n) is 4.20. The zero-order valence-corrected chi connectivity index (χ0v) is 16.1. The molecule has 2 aromatic rings. The van der Waals surface area contributed by atoms with Crippen LogP contribution in [0.25, 0.3) is 5.69 Å². The van der Waals surface area contributed by atoms with Gasteiger partial charge in [-0.25, -0.2) is 13.1 Å². The van der Waals surface area contributed by atoms with E-state index in [1.807, 2.05) is 0 Å². The lowest BCUT2D eigenvalue weighted by Crippen LogP contribution is -2.51. The van der Waals surface area contributed by atoms with Gasteiger partial charge in [0.15, 0.2) is 15.5 Å². The summed E-state index contributed by atoms with van der Waals surface area (Å²) < 4.78 is 24.3. The molecule has 1 aliphatic heterocycles. The first kappa shape index (κ1) is 19.3. The summed E-state index contributed by atoms with van der Waals surface area (Å²) in [6.45, 7) is 1.80. The lowest BCUT2D eigenvalue weighted by molar-refractivity contribution is -0.132. The van der Waals surface area contributed by atoms with Crippen LogP contribution in [0.2, 0.25) is 5.02 Å². The summed E-state index contributed by atoms with van der Waals surface area (Å²) in [5, 5.41) is 10.7. The largest absolute Gasteiger partial charge is 0.339 e. The number of carbonyl (C=O) groups excluding carboxylic acids is 2. The van der Waals surface area contributed by atoms with E-state index < -0.39 is 21.8 Å². The number of sulfone groups is 1. The van der Waals surface area contributed by atoms with E-state index in [0.29, 0.717) is 10.7 Å². The quantitative estimate of drug-likeness (QED) is 0.773. The van der Waals surface area contributed by atoms with Gasteiger partial charge in [-0.15, -0.1) is 5.10 Å². The Morgan fingerprint density at radius 1 is 1.22 bits per heavy atom. The molecule has 1 aromatic heterocycles. The Balaban J connectivity index is 1.64. The van der Waals surface area contributed by atoms with Crippen LogP contribution in [0.4, 0.5) is 0 Å². The van der Waals surface area contributed by atoms with E-state index in [9.17, 15) is 18.0 Å². The van der Waals surface area contributed by atoms with Gasteiger partial charge in [0.05, 0.1) is 28.4 Å². The minimum absolute atomic E-state index is 0.0378. The summed E-state index contributed by atoms with van der Waals surface area (Å²) in [5.74, 6) is -1.02. The maximum Gasteiger partial charge on any atom is 0.274 e. The average Bonchev–Trinajstić information content (AvgIpc) is 3.11. The second-order valence-corrected chi connectivity index (χ2v) is 8.88. The highest BCUT2D eigenvalue weighted by molar-refractivity contribution is 7.91. The summed E-state index contributed by atoms with van der Waals surface area (Å²) in [4.78, 5) is 26.2. The van der Waals surface area contributed by atoms with Crippen molar-refractivity contribution in [1.82, 2.24) is 25.2 Å². The Bertz CT molecular complexity index is 961. The van der Waals surface area contributed by atoms with E-state index in [2.05, 4.69) is 15.6 Å². The minimum atomic E-state index is -3.08. The van der Waals surface area contributed by atoms with Crippen LogP contribution in [0.1, 0.15) is 17.4 Å². The molecule has 0 radical (unpaired) electrons. The van der Waals surface area contributed by atoms with E-state index in [4.69, 9.17) is 11.6 Å². The topological polar surface area (TPSA) is 114 Å². The lowest BCUT2D eigenvalue weighted by atomic mass is 10.2. The first-order chi connectivity index (χ1) is 12.8. The highest BCUT2D eigenvalue weighted by Crippen LogP contribution is 2.18. The smallest absolute Gasteiger partial charge is 0.274 e. The Kier molecular flexibility index (Phi) is 5.47. The van der Waals surface area contributed by atoms with Crippen LogP contribution >= 0.6 is 11.6 Å². The predicted octanol–water partition coefficient (Wildman–Crippen LogP) is 0.296. The van der Waals surface area contributed by atoms with Crippen molar-refractivity contribution < 1.29 is 18.0 Å². The molecule has 0 bridgehead atoms. The average molecular weight is 412 g/mol. The van der Waals surface area contributed by atoms with Gasteiger partial charge in [0.25, 0.3) is 5.91 Å². The Morgan fingerprint density at radius 2 is 1.89 bits per heavy atom. The molecular weight excluding hydrogens is 394 g/mol. The molecule has 1 atom stereocenters. The second-order valence-electron chi connectivity index (χ2n) is 6.17. The van der Waals surface area contributed by atoms with Gasteiger partial charge in [-0.05, 0) is 19.1 Å². The molecule has 0 aliphatic carbocycles. The fourth-order valence-corrected chi connectivity index (χ4v) is 4.09. The zero-order chi connectivity index (χ0) is 19.6. The number of hydrogen-bond acceptors (Lipinski definition) is 6. The van der Waals surface area contributed by atoms with Gasteiger partial charge in [-0.2, -0.15) is 0 Å². The number of nitrogens with one attached hydrogen (secondary N) is 1. The molecule has 9 nitrogen and oxygen atoms in total. The fraction of sp³-hybridized carbons (Fsp3) is 0.375. The van der Waals surface area contributed by atoms with Crippen LogP contribution in [0.5, 0.6) is 0 Å². The summed E-state index contributed by atoms with van der Waals surface area (Å²) >= 11 is 6.10. The van der Waals surface area contributed by atoms with Crippen LogP contribution in [0, 0.1) is 0 Å². The zero-order valence-electron chi connectivity index (χ0n) is 14.5. The first-order valence-electron chi connectivity index (χ1n) is 8.24. The molecular formula is C16H18ClN5O4S. The number of aromatic nitrogens is 3. The standard InChI is InChI=1S/C16H18ClN5O4S/c1-11(16(24)21-6-8-27(25,26)9-7-21)18-15(23)13-10-22(20-19-13)14-5-3-2-4-12(14)17/h2-5,10-11H,6-9H2,1H3,(H,18,23). The lowest BCUT2D eigenvalue weighted by Gasteiger charge is -2.29. The molecule has 0 saturated carbocycles. The summed E-state index contributed by atoms with van der Waals surface area (Å²) in [5.41, 5.74) is 0.611. The van der Waals surface area contributed by atoms with Crippen molar-refractivity contribution in [3.8, 4) is 5.69 Å². The van der Waals surface area contributed by atoms with Gasteiger partial charge in [0.2, 0.25) is 5.91 Å². The first-order valence-corrected chi connectivity index (χ1v) is 10.4. The Labute approximate surface area is 161 Å². The number of carbonyl (C=O) groups is 2. The van der Waals surface area contributed by atoms with Crippen molar-refractivity contribution in [1.29, 1.82) is 0 Å². The van der Waals surface area contributed by atoms with Crippen molar-refractivity contribution in [3.05, 3.63) is 41.2 Å².